The molecule has 7 rings (SSSR count). The number of pyridine rings is 2. The maximum absolute atomic E-state index is 6.15. The first-order chi connectivity index (χ1) is 23.2. The number of benzene rings is 2. The van der Waals surface area contributed by atoms with Crippen LogP contribution < -0.4 is 15.4 Å². The van der Waals surface area contributed by atoms with Crippen LogP contribution in [0.1, 0.15) is 6.42 Å². The van der Waals surface area contributed by atoms with Crippen LogP contribution >= 0.6 is 0 Å². The third-order valence-corrected chi connectivity index (χ3v) is 8.17. The summed E-state index contributed by atoms with van der Waals surface area (Å²) in [7, 11) is 2.18. The quantitative estimate of drug-likeness (QED) is 0.162. The highest BCUT2D eigenvalue weighted by molar-refractivity contribution is 6.00. The maximum Gasteiger partial charge on any atom is 0.230 e. The Morgan fingerprint density at radius 1 is 0.766 bits per heavy atom. The molecule has 4 aromatic heterocycles. The number of aromatic nitrogens is 6. The van der Waals surface area contributed by atoms with E-state index in [0.717, 1.165) is 79.0 Å². The number of nitrogens with one attached hydrogen (secondary N) is 2. The van der Waals surface area contributed by atoms with E-state index < -0.39 is 0 Å². The lowest BCUT2D eigenvalue weighted by Crippen LogP contribution is -2.44. The fourth-order valence-corrected chi connectivity index (χ4v) is 5.59. The van der Waals surface area contributed by atoms with Gasteiger partial charge in [0.05, 0.1) is 23.1 Å². The minimum atomic E-state index is 0.405. The molecule has 0 atom stereocenters. The summed E-state index contributed by atoms with van der Waals surface area (Å²) < 4.78 is 6.15. The minimum Gasteiger partial charge on any atom is -0.420 e. The van der Waals surface area contributed by atoms with E-state index in [9.17, 15) is 0 Å². The van der Waals surface area contributed by atoms with Crippen LogP contribution in [0, 0.1) is 0 Å². The largest absolute Gasteiger partial charge is 0.420 e. The van der Waals surface area contributed by atoms with Gasteiger partial charge in [-0.2, -0.15) is 0 Å². The number of anilines is 3. The third kappa shape index (κ3) is 7.32. The van der Waals surface area contributed by atoms with E-state index in [-0.39, 0.29) is 0 Å². The Morgan fingerprint density at radius 3 is 2.43 bits per heavy atom. The molecule has 0 saturated carbocycles. The lowest BCUT2D eigenvalue weighted by atomic mass is 10.0. The van der Waals surface area contributed by atoms with Gasteiger partial charge in [0.15, 0.2) is 5.82 Å². The molecular weight excluding hydrogens is 588 g/mol. The van der Waals surface area contributed by atoms with Crippen LogP contribution in [-0.4, -0.2) is 86.2 Å². The summed E-state index contributed by atoms with van der Waals surface area (Å²) in [4.78, 5) is 23.1. The Balaban J connectivity index is 1.01. The van der Waals surface area contributed by atoms with Gasteiger partial charge in [-0.15, -0.1) is 10.2 Å². The average molecular weight is 625 g/mol. The molecule has 0 aliphatic carbocycles. The first-order valence-corrected chi connectivity index (χ1v) is 15.8. The number of nitrogens with zero attached hydrogens (tertiary/aromatic N) is 8. The summed E-state index contributed by atoms with van der Waals surface area (Å²) in [6.07, 6.45) is 6.17. The lowest BCUT2D eigenvalue weighted by Gasteiger charge is -2.32. The number of hydrogen-bond donors (Lipinski definition) is 2. The molecule has 1 aliphatic rings. The number of piperazine rings is 1. The molecule has 0 amide bonds. The van der Waals surface area contributed by atoms with E-state index >= 15 is 0 Å². The van der Waals surface area contributed by atoms with Crippen molar-refractivity contribution in [1.29, 1.82) is 0 Å². The summed E-state index contributed by atoms with van der Waals surface area (Å²) in [5.74, 6) is 2.04. The maximum atomic E-state index is 6.15. The highest BCUT2D eigenvalue weighted by Gasteiger charge is 2.15. The lowest BCUT2D eigenvalue weighted by molar-refractivity contribution is 0.154. The molecule has 11 nitrogen and oxygen atoms in total. The predicted octanol–water partition coefficient (Wildman–Crippen LogP) is 6.13. The first-order valence-electron chi connectivity index (χ1n) is 15.8. The Morgan fingerprint density at radius 2 is 1.60 bits per heavy atom. The standard InChI is InChI=1S/C36H36N10O/c1-45-21-23-46(24-22-45)20-8-18-38-36-39-19-16-31(42-36)30-13-7-17-37-35(30)47-32-15-14-27(25-40-32)41-34-29-12-6-5-11-28(29)33(43-44-34)26-9-3-2-4-10-26/h2-7,9-17,19,25H,8,18,20-24H2,1H3,(H,41,44)(H,38,39,42). The highest BCUT2D eigenvalue weighted by Crippen LogP contribution is 2.32. The molecule has 2 N–H and O–H groups in total. The molecule has 0 spiro atoms. The first kappa shape index (κ1) is 30.2. The predicted molar refractivity (Wildman–Crippen MR) is 185 cm³/mol. The van der Waals surface area contributed by atoms with E-state index in [2.05, 4.69) is 58.7 Å². The summed E-state index contributed by atoms with van der Waals surface area (Å²) in [6.45, 7) is 6.36. The van der Waals surface area contributed by atoms with Gasteiger partial charge in [-0.05, 0) is 44.3 Å². The molecule has 1 saturated heterocycles. The molecule has 2 aromatic carbocycles. The summed E-state index contributed by atoms with van der Waals surface area (Å²) in [6, 6.07) is 27.5. The number of rotatable bonds is 11. The molecule has 236 valence electrons. The van der Waals surface area contributed by atoms with Gasteiger partial charge < -0.3 is 25.2 Å². The molecule has 0 bridgehead atoms. The van der Waals surface area contributed by atoms with Gasteiger partial charge in [0, 0.05) is 67.5 Å². The van der Waals surface area contributed by atoms with Crippen molar-refractivity contribution in [3.05, 3.63) is 104 Å². The number of ether oxygens (including phenoxy) is 1. The molecule has 5 heterocycles. The Labute approximate surface area is 273 Å². The van der Waals surface area contributed by atoms with E-state index in [0.29, 0.717) is 29.2 Å². The fourth-order valence-electron chi connectivity index (χ4n) is 5.59. The molecule has 0 radical (unpaired) electrons. The van der Waals surface area contributed by atoms with Crippen LogP contribution in [-0.2, 0) is 0 Å². The van der Waals surface area contributed by atoms with Crippen molar-refractivity contribution in [3.8, 4) is 34.3 Å². The zero-order valence-electron chi connectivity index (χ0n) is 26.3. The fraction of sp³-hybridized carbons (Fsp3) is 0.222. The second-order valence-electron chi connectivity index (χ2n) is 11.5. The topological polar surface area (TPSA) is 117 Å². The van der Waals surface area contributed by atoms with Crippen molar-refractivity contribution in [1.82, 2.24) is 39.9 Å². The van der Waals surface area contributed by atoms with Gasteiger partial charge in [-0.25, -0.2) is 19.9 Å². The molecule has 1 aliphatic heterocycles. The summed E-state index contributed by atoms with van der Waals surface area (Å²) in [5.41, 5.74) is 4.08. The normalized spacial score (nSPS) is 13.8. The molecule has 0 unspecified atom stereocenters. The van der Waals surface area contributed by atoms with Gasteiger partial charge in [-0.1, -0.05) is 54.6 Å². The van der Waals surface area contributed by atoms with Gasteiger partial charge in [-0.3, -0.25) is 0 Å². The Kier molecular flexibility index (Phi) is 9.16. The summed E-state index contributed by atoms with van der Waals surface area (Å²) in [5, 5.41) is 17.8. The zero-order chi connectivity index (χ0) is 31.8. The van der Waals surface area contributed by atoms with Crippen LogP contribution in [0.2, 0.25) is 0 Å². The molecular formula is C36H36N10O. The van der Waals surface area contributed by atoms with Gasteiger partial charge in [0.25, 0.3) is 0 Å². The number of fused-ring (bicyclic) bond motifs is 1. The van der Waals surface area contributed by atoms with E-state index in [1.54, 1.807) is 24.7 Å². The molecule has 11 heteroatoms. The molecule has 1 fully saturated rings. The van der Waals surface area contributed by atoms with Crippen molar-refractivity contribution >= 4 is 28.2 Å². The van der Waals surface area contributed by atoms with E-state index in [1.165, 1.54) is 0 Å². The minimum absolute atomic E-state index is 0.405. The van der Waals surface area contributed by atoms with Crippen molar-refractivity contribution in [2.45, 2.75) is 6.42 Å². The van der Waals surface area contributed by atoms with Crippen molar-refractivity contribution < 1.29 is 4.74 Å². The second kappa shape index (κ2) is 14.3. The van der Waals surface area contributed by atoms with Gasteiger partial charge in [0.2, 0.25) is 17.7 Å². The van der Waals surface area contributed by atoms with Crippen LogP contribution in [0.25, 0.3) is 33.3 Å². The Hall–Kier alpha value is -5.52. The van der Waals surface area contributed by atoms with E-state index in [1.807, 2.05) is 72.8 Å². The number of hydrogen-bond acceptors (Lipinski definition) is 11. The SMILES string of the molecule is CN1CCN(CCCNc2nccc(-c3cccnc3Oc3ccc(Nc4nnc(-c5ccccc5)c5ccccc45)cn3)n2)CC1. The highest BCUT2D eigenvalue weighted by atomic mass is 16.5. The van der Waals surface area contributed by atoms with Crippen LogP contribution in [0.15, 0.2) is 104 Å². The van der Waals surface area contributed by atoms with Crippen LogP contribution in [0.4, 0.5) is 17.5 Å². The van der Waals surface area contributed by atoms with Crippen molar-refractivity contribution in [2.75, 3.05) is 56.9 Å². The smallest absolute Gasteiger partial charge is 0.230 e. The van der Waals surface area contributed by atoms with Crippen LogP contribution in [0.5, 0.6) is 11.8 Å². The molecule has 6 aromatic rings. The third-order valence-electron chi connectivity index (χ3n) is 8.17. The van der Waals surface area contributed by atoms with Gasteiger partial charge >= 0.3 is 0 Å². The van der Waals surface area contributed by atoms with Crippen LogP contribution in [0.3, 0.4) is 0 Å². The second-order valence-corrected chi connectivity index (χ2v) is 11.5. The Bertz CT molecular complexity index is 1930. The summed E-state index contributed by atoms with van der Waals surface area (Å²) >= 11 is 0. The van der Waals surface area contributed by atoms with Crippen molar-refractivity contribution in [3.63, 3.8) is 0 Å². The van der Waals surface area contributed by atoms with Gasteiger partial charge in [0.1, 0.15) is 5.69 Å². The zero-order valence-corrected chi connectivity index (χ0v) is 26.3. The monoisotopic (exact) mass is 624 g/mol. The van der Waals surface area contributed by atoms with Crippen molar-refractivity contribution in [2.24, 2.45) is 0 Å². The van der Waals surface area contributed by atoms with E-state index in [4.69, 9.17) is 9.72 Å². The molecule has 47 heavy (non-hydrogen) atoms. The average Bonchev–Trinajstić information content (AvgIpc) is 3.12. The number of likely N-dealkylation sites (N-methyl/N-ethyl adjacent to an activating group) is 1.